The molecule has 84 valence electrons. The fourth-order valence-corrected chi connectivity index (χ4v) is 1.24. The fraction of sp³-hybridized carbons (Fsp3) is 0.100. The average molecular weight is 229 g/mol. The Bertz CT molecular complexity index is 465. The van der Waals surface area contributed by atoms with Gasteiger partial charge in [0.15, 0.2) is 5.76 Å². The molecular weight excluding hydrogens is 223 g/mol. The molecule has 0 atom stereocenters. The molecule has 3 nitrogen and oxygen atoms in total. The number of para-hydroxylation sites is 1. The average Bonchev–Trinajstić information content (AvgIpc) is 2.69. The summed E-state index contributed by atoms with van der Waals surface area (Å²) < 4.78 is 44.9. The van der Waals surface area contributed by atoms with Gasteiger partial charge in [-0.1, -0.05) is 17.3 Å². The summed E-state index contributed by atoms with van der Waals surface area (Å²) in [5.74, 6) is -0.0911. The molecule has 0 saturated carbocycles. The number of nitrogens with zero attached hydrogens (tertiary/aromatic N) is 1. The van der Waals surface area contributed by atoms with E-state index in [0.717, 1.165) is 0 Å². The largest absolute Gasteiger partial charge is 0.573 e. The number of hydrogen-bond donors (Lipinski definition) is 0. The Morgan fingerprint density at radius 2 is 1.88 bits per heavy atom. The standard InChI is InChI=1S/C10H6F3NO2/c11-10(12,13)15-8-4-2-1-3-7(8)9-5-6-14-16-9/h1-6H. The van der Waals surface area contributed by atoms with Gasteiger partial charge in [0.1, 0.15) is 5.75 Å². The summed E-state index contributed by atoms with van der Waals surface area (Å²) in [4.78, 5) is 0. The molecule has 2 rings (SSSR count). The number of rotatable bonds is 2. The second kappa shape index (κ2) is 3.88. The molecule has 6 heteroatoms. The lowest BCUT2D eigenvalue weighted by Crippen LogP contribution is -2.17. The van der Waals surface area contributed by atoms with Gasteiger partial charge in [-0.05, 0) is 12.1 Å². The molecule has 2 aromatic rings. The van der Waals surface area contributed by atoms with Crippen molar-refractivity contribution in [1.29, 1.82) is 0 Å². The monoisotopic (exact) mass is 229 g/mol. The quantitative estimate of drug-likeness (QED) is 0.792. The van der Waals surface area contributed by atoms with Crippen molar-refractivity contribution < 1.29 is 22.4 Å². The first-order valence-corrected chi connectivity index (χ1v) is 4.32. The summed E-state index contributed by atoms with van der Waals surface area (Å²) >= 11 is 0. The summed E-state index contributed by atoms with van der Waals surface area (Å²) in [6, 6.07) is 7.16. The van der Waals surface area contributed by atoms with Gasteiger partial charge in [-0.15, -0.1) is 13.2 Å². The van der Waals surface area contributed by atoms with Crippen molar-refractivity contribution in [1.82, 2.24) is 5.16 Å². The molecule has 1 heterocycles. The first-order valence-electron chi connectivity index (χ1n) is 4.32. The Hall–Kier alpha value is -1.98. The fourth-order valence-electron chi connectivity index (χ4n) is 1.24. The lowest BCUT2D eigenvalue weighted by molar-refractivity contribution is -0.274. The van der Waals surface area contributed by atoms with E-state index in [1.807, 2.05) is 0 Å². The van der Waals surface area contributed by atoms with Crippen LogP contribution in [0.3, 0.4) is 0 Å². The maximum absolute atomic E-state index is 12.1. The molecule has 0 spiro atoms. The van der Waals surface area contributed by atoms with Crippen LogP contribution < -0.4 is 4.74 Å². The second-order valence-corrected chi connectivity index (χ2v) is 2.92. The van der Waals surface area contributed by atoms with Crippen molar-refractivity contribution in [2.75, 3.05) is 0 Å². The highest BCUT2D eigenvalue weighted by molar-refractivity contribution is 5.65. The minimum Gasteiger partial charge on any atom is -0.405 e. The molecule has 0 bridgehead atoms. The van der Waals surface area contributed by atoms with Crippen molar-refractivity contribution in [3.63, 3.8) is 0 Å². The Balaban J connectivity index is 2.39. The predicted octanol–water partition coefficient (Wildman–Crippen LogP) is 3.24. The van der Waals surface area contributed by atoms with Crippen LogP contribution in [0.4, 0.5) is 13.2 Å². The van der Waals surface area contributed by atoms with Crippen LogP contribution in [-0.4, -0.2) is 11.5 Å². The summed E-state index contributed by atoms with van der Waals surface area (Å²) in [6.07, 6.45) is -3.38. The molecule has 0 amide bonds. The summed E-state index contributed by atoms with van der Waals surface area (Å²) in [5, 5.41) is 3.42. The topological polar surface area (TPSA) is 35.3 Å². The van der Waals surface area contributed by atoms with Crippen molar-refractivity contribution in [2.24, 2.45) is 0 Å². The number of ether oxygens (including phenoxy) is 1. The van der Waals surface area contributed by atoms with E-state index in [9.17, 15) is 13.2 Å². The van der Waals surface area contributed by atoms with Crippen molar-refractivity contribution >= 4 is 0 Å². The van der Waals surface area contributed by atoms with Gasteiger partial charge >= 0.3 is 6.36 Å². The van der Waals surface area contributed by atoms with E-state index in [1.54, 1.807) is 6.07 Å². The molecule has 0 radical (unpaired) electrons. The zero-order valence-corrected chi connectivity index (χ0v) is 7.86. The number of alkyl halides is 3. The lowest BCUT2D eigenvalue weighted by Gasteiger charge is -2.11. The van der Waals surface area contributed by atoms with Gasteiger partial charge in [0, 0.05) is 6.07 Å². The first-order chi connectivity index (χ1) is 7.56. The third-order valence-corrected chi connectivity index (χ3v) is 1.82. The van der Waals surface area contributed by atoms with Gasteiger partial charge < -0.3 is 9.26 Å². The first kappa shape index (κ1) is 10.5. The number of hydrogen-bond acceptors (Lipinski definition) is 3. The zero-order chi connectivity index (χ0) is 11.6. The number of benzene rings is 1. The van der Waals surface area contributed by atoms with E-state index >= 15 is 0 Å². The lowest BCUT2D eigenvalue weighted by atomic mass is 10.1. The van der Waals surface area contributed by atoms with Crippen LogP contribution in [0.2, 0.25) is 0 Å². The Morgan fingerprint density at radius 1 is 1.12 bits per heavy atom. The normalized spacial score (nSPS) is 11.4. The third-order valence-electron chi connectivity index (χ3n) is 1.82. The van der Waals surface area contributed by atoms with E-state index < -0.39 is 6.36 Å². The Morgan fingerprint density at radius 3 is 2.50 bits per heavy atom. The highest BCUT2D eigenvalue weighted by Gasteiger charge is 2.32. The second-order valence-electron chi connectivity index (χ2n) is 2.92. The molecule has 0 aliphatic rings. The summed E-state index contributed by atoms with van der Waals surface area (Å²) in [7, 11) is 0. The summed E-state index contributed by atoms with van der Waals surface area (Å²) in [5.41, 5.74) is 0.206. The molecule has 16 heavy (non-hydrogen) atoms. The molecule has 0 aliphatic heterocycles. The molecule has 0 aliphatic carbocycles. The Kier molecular flexibility index (Phi) is 2.55. The molecule has 1 aromatic heterocycles. The van der Waals surface area contributed by atoms with Crippen molar-refractivity contribution in [3.05, 3.63) is 36.5 Å². The minimum atomic E-state index is -4.73. The van der Waals surface area contributed by atoms with Crippen LogP contribution in [0.15, 0.2) is 41.1 Å². The predicted molar refractivity (Wildman–Crippen MR) is 48.6 cm³/mol. The van der Waals surface area contributed by atoms with Gasteiger partial charge in [0.05, 0.1) is 11.8 Å². The van der Waals surface area contributed by atoms with Gasteiger partial charge in [-0.2, -0.15) is 0 Å². The third kappa shape index (κ3) is 2.33. The van der Waals surface area contributed by atoms with Crippen LogP contribution in [0, 0.1) is 0 Å². The summed E-state index contributed by atoms with van der Waals surface area (Å²) in [6.45, 7) is 0. The van der Waals surface area contributed by atoms with E-state index in [-0.39, 0.29) is 17.1 Å². The van der Waals surface area contributed by atoms with Crippen molar-refractivity contribution in [3.8, 4) is 17.1 Å². The van der Waals surface area contributed by atoms with E-state index in [0.29, 0.717) is 0 Å². The zero-order valence-electron chi connectivity index (χ0n) is 7.86. The van der Waals surface area contributed by atoms with Gasteiger partial charge in [-0.25, -0.2) is 0 Å². The maximum atomic E-state index is 12.1. The smallest absolute Gasteiger partial charge is 0.405 e. The Labute approximate surface area is 88.4 Å². The number of aromatic nitrogens is 1. The highest BCUT2D eigenvalue weighted by atomic mass is 19.4. The van der Waals surface area contributed by atoms with E-state index in [1.165, 1.54) is 30.5 Å². The van der Waals surface area contributed by atoms with Gasteiger partial charge in [-0.3, -0.25) is 0 Å². The van der Waals surface area contributed by atoms with Gasteiger partial charge in [0.25, 0.3) is 0 Å². The SMILES string of the molecule is FC(F)(F)Oc1ccccc1-c1ccno1. The molecule has 0 unspecified atom stereocenters. The van der Waals surface area contributed by atoms with Crippen LogP contribution in [0.1, 0.15) is 0 Å². The van der Waals surface area contributed by atoms with E-state index in [4.69, 9.17) is 4.52 Å². The molecular formula is C10H6F3NO2. The minimum absolute atomic E-state index is 0.206. The molecule has 0 N–H and O–H groups in total. The van der Waals surface area contributed by atoms with Gasteiger partial charge in [0.2, 0.25) is 0 Å². The molecule has 0 fully saturated rings. The van der Waals surface area contributed by atoms with Crippen LogP contribution >= 0.6 is 0 Å². The molecule has 0 saturated heterocycles. The highest BCUT2D eigenvalue weighted by Crippen LogP contribution is 2.33. The van der Waals surface area contributed by atoms with Crippen molar-refractivity contribution in [2.45, 2.75) is 6.36 Å². The van der Waals surface area contributed by atoms with Crippen LogP contribution in [-0.2, 0) is 0 Å². The molecule has 1 aromatic carbocycles. The van der Waals surface area contributed by atoms with Crippen LogP contribution in [0.5, 0.6) is 5.75 Å². The number of halogens is 3. The maximum Gasteiger partial charge on any atom is 0.573 e. The van der Waals surface area contributed by atoms with Crippen LogP contribution in [0.25, 0.3) is 11.3 Å². The van der Waals surface area contributed by atoms with E-state index in [2.05, 4.69) is 9.89 Å².